The number of aromatic nitrogens is 4. The third-order valence-corrected chi connectivity index (χ3v) is 4.60. The molecule has 2 N–H and O–H groups in total. The van der Waals surface area contributed by atoms with E-state index in [9.17, 15) is 0 Å². The molecule has 0 amide bonds. The summed E-state index contributed by atoms with van der Waals surface area (Å²) in [5, 5.41) is 7.26. The van der Waals surface area contributed by atoms with Gasteiger partial charge in [0, 0.05) is 29.5 Å². The first-order valence-electron chi connectivity index (χ1n) is 8.18. The molecule has 0 saturated carbocycles. The number of nitrogens with two attached hydrogens (primary N) is 1. The average molecular weight is 357 g/mol. The summed E-state index contributed by atoms with van der Waals surface area (Å²) in [5.41, 5.74) is 8.37. The minimum absolute atomic E-state index is 0.0375. The molecule has 3 aromatic heterocycles. The van der Waals surface area contributed by atoms with E-state index in [-0.39, 0.29) is 11.5 Å². The summed E-state index contributed by atoms with van der Waals surface area (Å²) in [4.78, 5) is 8.54. The van der Waals surface area contributed by atoms with E-state index in [0.717, 1.165) is 21.9 Å². The number of rotatable bonds is 6. The molecule has 0 aliphatic rings. The lowest BCUT2D eigenvalue weighted by atomic mass is 9.88. The summed E-state index contributed by atoms with van der Waals surface area (Å²) < 4.78 is 7.64. The Labute approximate surface area is 151 Å². The molecule has 6 nitrogen and oxygen atoms in total. The minimum Gasteiger partial charge on any atom is -0.490 e. The van der Waals surface area contributed by atoms with Crippen LogP contribution in [0.4, 0.5) is 0 Å². The molecule has 0 unspecified atom stereocenters. The molecule has 132 valence electrons. The van der Waals surface area contributed by atoms with Crippen molar-refractivity contribution in [3.8, 4) is 16.3 Å². The van der Waals surface area contributed by atoms with Gasteiger partial charge in [-0.2, -0.15) is 5.10 Å². The summed E-state index contributed by atoms with van der Waals surface area (Å²) >= 11 is 1.59. The van der Waals surface area contributed by atoms with E-state index in [1.54, 1.807) is 23.7 Å². The Morgan fingerprint density at radius 1 is 1.28 bits per heavy atom. The Morgan fingerprint density at radius 2 is 2.12 bits per heavy atom. The van der Waals surface area contributed by atoms with Crippen molar-refractivity contribution in [2.45, 2.75) is 38.8 Å². The van der Waals surface area contributed by atoms with E-state index >= 15 is 0 Å². The third kappa shape index (κ3) is 4.64. The summed E-state index contributed by atoms with van der Waals surface area (Å²) in [5.74, 6) is 0.742. The predicted molar refractivity (Wildman–Crippen MR) is 99.7 cm³/mol. The molecule has 0 radical (unpaired) electrons. The SMILES string of the molecule is CC(C)(C)c1cncc(OC[C@@H](N)Cn2cc(-c3nccs3)cn2)c1. The van der Waals surface area contributed by atoms with Crippen LogP contribution in [0, 0.1) is 0 Å². The van der Waals surface area contributed by atoms with Crippen LogP contribution in [0.1, 0.15) is 26.3 Å². The smallest absolute Gasteiger partial charge is 0.137 e. The summed E-state index contributed by atoms with van der Waals surface area (Å²) in [7, 11) is 0. The molecule has 7 heteroatoms. The molecule has 0 aliphatic heterocycles. The fourth-order valence-electron chi connectivity index (χ4n) is 2.34. The maximum Gasteiger partial charge on any atom is 0.137 e. The Balaban J connectivity index is 1.56. The zero-order valence-electron chi connectivity index (χ0n) is 14.7. The van der Waals surface area contributed by atoms with Crippen LogP contribution < -0.4 is 10.5 Å². The van der Waals surface area contributed by atoms with Gasteiger partial charge in [-0.15, -0.1) is 11.3 Å². The van der Waals surface area contributed by atoms with Crippen molar-refractivity contribution in [3.05, 3.63) is 48.0 Å². The number of pyridine rings is 1. The van der Waals surface area contributed by atoms with Crippen LogP contribution in [0.15, 0.2) is 42.4 Å². The fraction of sp³-hybridized carbons (Fsp3) is 0.389. The molecule has 0 aromatic carbocycles. The lowest BCUT2D eigenvalue weighted by Gasteiger charge is -2.19. The Bertz CT molecular complexity index is 807. The second-order valence-corrected chi connectivity index (χ2v) is 7.91. The van der Waals surface area contributed by atoms with Gasteiger partial charge in [0.15, 0.2) is 0 Å². The zero-order chi connectivity index (χ0) is 17.9. The fourth-order valence-corrected chi connectivity index (χ4v) is 2.96. The predicted octanol–water partition coefficient (Wildman–Crippen LogP) is 3.11. The van der Waals surface area contributed by atoms with Gasteiger partial charge in [0.05, 0.1) is 25.0 Å². The van der Waals surface area contributed by atoms with Crippen molar-refractivity contribution >= 4 is 11.3 Å². The van der Waals surface area contributed by atoms with Crippen molar-refractivity contribution in [1.29, 1.82) is 0 Å². The van der Waals surface area contributed by atoms with E-state index in [4.69, 9.17) is 10.5 Å². The molecule has 1 atom stereocenters. The highest BCUT2D eigenvalue weighted by molar-refractivity contribution is 7.13. The highest BCUT2D eigenvalue weighted by Gasteiger charge is 2.15. The molecule has 0 aliphatic carbocycles. The molecule has 0 bridgehead atoms. The summed E-state index contributed by atoms with van der Waals surface area (Å²) in [6.07, 6.45) is 9.15. The van der Waals surface area contributed by atoms with Gasteiger partial charge in [-0.05, 0) is 17.0 Å². The van der Waals surface area contributed by atoms with Crippen LogP contribution in [0.2, 0.25) is 0 Å². The van der Waals surface area contributed by atoms with Crippen molar-refractivity contribution in [3.63, 3.8) is 0 Å². The number of hydrogen-bond acceptors (Lipinski definition) is 6. The number of ether oxygens (including phenoxy) is 1. The molecule has 25 heavy (non-hydrogen) atoms. The molecule has 0 spiro atoms. The van der Waals surface area contributed by atoms with Gasteiger partial charge in [0.25, 0.3) is 0 Å². The van der Waals surface area contributed by atoms with Crippen molar-refractivity contribution < 1.29 is 4.74 Å². The van der Waals surface area contributed by atoms with Crippen molar-refractivity contribution in [2.24, 2.45) is 5.73 Å². The van der Waals surface area contributed by atoms with Gasteiger partial charge in [-0.1, -0.05) is 20.8 Å². The highest BCUT2D eigenvalue weighted by atomic mass is 32.1. The lowest BCUT2D eigenvalue weighted by molar-refractivity contribution is 0.270. The second-order valence-electron chi connectivity index (χ2n) is 7.02. The van der Waals surface area contributed by atoms with Crippen LogP contribution in [0.5, 0.6) is 5.75 Å². The maximum atomic E-state index is 6.19. The Hall–Kier alpha value is -2.25. The quantitative estimate of drug-likeness (QED) is 0.733. The van der Waals surface area contributed by atoms with Gasteiger partial charge >= 0.3 is 0 Å². The highest BCUT2D eigenvalue weighted by Crippen LogP contribution is 2.24. The van der Waals surface area contributed by atoms with E-state index in [2.05, 4.69) is 35.8 Å². The first-order chi connectivity index (χ1) is 11.9. The average Bonchev–Trinajstić information content (AvgIpc) is 3.23. The van der Waals surface area contributed by atoms with E-state index in [1.807, 2.05) is 34.7 Å². The van der Waals surface area contributed by atoms with E-state index in [1.165, 1.54) is 0 Å². The van der Waals surface area contributed by atoms with Crippen LogP contribution >= 0.6 is 11.3 Å². The second kappa shape index (κ2) is 7.33. The Kier molecular flexibility index (Phi) is 5.15. The van der Waals surface area contributed by atoms with E-state index < -0.39 is 0 Å². The van der Waals surface area contributed by atoms with Crippen LogP contribution in [-0.2, 0) is 12.0 Å². The maximum absolute atomic E-state index is 6.19. The number of nitrogens with zero attached hydrogens (tertiary/aromatic N) is 4. The zero-order valence-corrected chi connectivity index (χ0v) is 15.5. The van der Waals surface area contributed by atoms with Crippen LogP contribution in [0.3, 0.4) is 0 Å². The largest absolute Gasteiger partial charge is 0.490 e. The monoisotopic (exact) mass is 357 g/mol. The van der Waals surface area contributed by atoms with Gasteiger partial charge in [-0.25, -0.2) is 4.98 Å². The van der Waals surface area contributed by atoms with E-state index in [0.29, 0.717) is 13.2 Å². The number of hydrogen-bond donors (Lipinski definition) is 1. The lowest BCUT2D eigenvalue weighted by Crippen LogP contribution is -2.32. The standard InChI is InChI=1S/C18H23N5OS/c1-18(2,3)14-6-16(9-20-8-14)24-12-15(19)11-23-10-13(7-22-23)17-21-4-5-25-17/h4-10,15H,11-12,19H2,1-3H3/t15-/m0/s1. The topological polar surface area (TPSA) is 78.9 Å². The molecule has 0 fully saturated rings. The van der Waals surface area contributed by atoms with Gasteiger partial charge in [0.2, 0.25) is 0 Å². The van der Waals surface area contributed by atoms with Gasteiger partial charge in [0.1, 0.15) is 17.4 Å². The van der Waals surface area contributed by atoms with Crippen LogP contribution in [0.25, 0.3) is 10.6 Å². The molecular weight excluding hydrogens is 334 g/mol. The van der Waals surface area contributed by atoms with Crippen LogP contribution in [-0.4, -0.2) is 32.4 Å². The summed E-state index contributed by atoms with van der Waals surface area (Å²) in [6.45, 7) is 7.44. The molecule has 0 saturated heterocycles. The minimum atomic E-state index is -0.165. The molecule has 3 heterocycles. The molecular formula is C18H23N5OS. The first kappa shape index (κ1) is 17.6. The third-order valence-electron chi connectivity index (χ3n) is 3.78. The molecule has 3 aromatic rings. The summed E-state index contributed by atoms with van der Waals surface area (Å²) in [6, 6.07) is 1.86. The Morgan fingerprint density at radius 3 is 2.84 bits per heavy atom. The molecule has 3 rings (SSSR count). The van der Waals surface area contributed by atoms with Crippen molar-refractivity contribution in [1.82, 2.24) is 19.7 Å². The van der Waals surface area contributed by atoms with Gasteiger partial charge in [-0.3, -0.25) is 9.67 Å². The number of thiazole rings is 1. The van der Waals surface area contributed by atoms with Crippen molar-refractivity contribution in [2.75, 3.05) is 6.61 Å². The van der Waals surface area contributed by atoms with Gasteiger partial charge < -0.3 is 10.5 Å². The first-order valence-corrected chi connectivity index (χ1v) is 9.06. The normalized spacial score (nSPS) is 13.0.